The van der Waals surface area contributed by atoms with E-state index in [4.69, 9.17) is 11.5 Å². The number of rotatable bonds is 5. The van der Waals surface area contributed by atoms with Crippen molar-refractivity contribution in [1.29, 1.82) is 0 Å². The standard InChI is InChI=1S/C7H13F2N3O2/c1-12(3-5(8)9)7(14)4(10)2-6(11)13/h4-5H,2-3,10H2,1H3,(H2,11,13). The molecule has 0 aromatic carbocycles. The number of hydrogen-bond donors (Lipinski definition) is 2. The quantitative estimate of drug-likeness (QED) is 0.603. The molecule has 7 heteroatoms. The molecule has 0 aliphatic heterocycles. The Morgan fingerprint density at radius 3 is 2.29 bits per heavy atom. The molecule has 1 atom stereocenters. The molecule has 0 rings (SSSR count). The van der Waals surface area contributed by atoms with Crippen LogP contribution in [0.15, 0.2) is 0 Å². The van der Waals surface area contributed by atoms with Gasteiger partial charge in [0.25, 0.3) is 6.43 Å². The lowest BCUT2D eigenvalue weighted by Gasteiger charge is -2.19. The fourth-order valence-electron chi connectivity index (χ4n) is 0.884. The predicted molar refractivity (Wildman–Crippen MR) is 45.4 cm³/mol. The maximum absolute atomic E-state index is 11.8. The van der Waals surface area contributed by atoms with Gasteiger partial charge in [0.1, 0.15) is 0 Å². The topological polar surface area (TPSA) is 89.4 Å². The number of likely N-dealkylation sites (N-methyl/N-ethyl adjacent to an activating group) is 1. The lowest BCUT2D eigenvalue weighted by Crippen LogP contribution is -2.45. The van der Waals surface area contributed by atoms with Crippen LogP contribution in [0.2, 0.25) is 0 Å². The zero-order valence-electron chi connectivity index (χ0n) is 7.74. The molecule has 1 unspecified atom stereocenters. The molecule has 0 fully saturated rings. The van der Waals surface area contributed by atoms with Crippen molar-refractivity contribution >= 4 is 11.8 Å². The maximum atomic E-state index is 11.8. The molecule has 0 aromatic heterocycles. The van der Waals surface area contributed by atoms with Crippen LogP contribution in [0.25, 0.3) is 0 Å². The van der Waals surface area contributed by atoms with E-state index in [1.165, 1.54) is 7.05 Å². The molecule has 0 aliphatic carbocycles. The summed E-state index contributed by atoms with van der Waals surface area (Å²) in [5.41, 5.74) is 10.1. The van der Waals surface area contributed by atoms with Gasteiger partial charge in [-0.3, -0.25) is 9.59 Å². The number of halogens is 2. The van der Waals surface area contributed by atoms with Crippen molar-refractivity contribution in [2.24, 2.45) is 11.5 Å². The van der Waals surface area contributed by atoms with Crippen LogP contribution in [0.5, 0.6) is 0 Å². The third kappa shape index (κ3) is 4.70. The molecular formula is C7H13F2N3O2. The smallest absolute Gasteiger partial charge is 0.255 e. The summed E-state index contributed by atoms with van der Waals surface area (Å²) in [6.45, 7) is -0.703. The minimum atomic E-state index is -2.62. The summed E-state index contributed by atoms with van der Waals surface area (Å²) in [6, 6.07) is -1.14. The number of alkyl halides is 2. The second kappa shape index (κ2) is 5.48. The number of nitrogens with two attached hydrogens (primary N) is 2. The van der Waals surface area contributed by atoms with Gasteiger partial charge < -0.3 is 16.4 Å². The molecule has 0 spiro atoms. The SMILES string of the molecule is CN(CC(F)F)C(=O)C(N)CC(N)=O. The maximum Gasteiger partial charge on any atom is 0.255 e. The van der Waals surface area contributed by atoms with Crippen LogP contribution in [-0.4, -0.2) is 42.8 Å². The largest absolute Gasteiger partial charge is 0.370 e. The zero-order valence-corrected chi connectivity index (χ0v) is 7.74. The Morgan fingerprint density at radius 2 is 1.93 bits per heavy atom. The summed E-state index contributed by atoms with van der Waals surface area (Å²) in [6.07, 6.45) is -2.96. The van der Waals surface area contributed by atoms with E-state index >= 15 is 0 Å². The van der Waals surface area contributed by atoms with E-state index in [1.54, 1.807) is 0 Å². The highest BCUT2D eigenvalue weighted by molar-refractivity contribution is 5.87. The number of carbonyl (C=O) groups excluding carboxylic acids is 2. The van der Waals surface area contributed by atoms with Crippen molar-refractivity contribution in [1.82, 2.24) is 4.90 Å². The van der Waals surface area contributed by atoms with Crippen LogP contribution in [0.1, 0.15) is 6.42 Å². The van der Waals surface area contributed by atoms with Gasteiger partial charge in [-0.1, -0.05) is 0 Å². The Kier molecular flexibility index (Phi) is 5.00. The van der Waals surface area contributed by atoms with Crippen molar-refractivity contribution in [2.45, 2.75) is 18.9 Å². The first-order chi connectivity index (χ1) is 6.34. The summed E-state index contributed by atoms with van der Waals surface area (Å²) < 4.78 is 23.7. The first kappa shape index (κ1) is 12.8. The Balaban J connectivity index is 4.10. The van der Waals surface area contributed by atoms with E-state index in [1.807, 2.05) is 0 Å². The average Bonchev–Trinajstić information content (AvgIpc) is 2.00. The molecule has 0 aliphatic rings. The van der Waals surface area contributed by atoms with E-state index < -0.39 is 30.8 Å². The van der Waals surface area contributed by atoms with Gasteiger partial charge in [-0.2, -0.15) is 0 Å². The van der Waals surface area contributed by atoms with Crippen molar-refractivity contribution in [3.05, 3.63) is 0 Å². The predicted octanol–water partition coefficient (Wildman–Crippen LogP) is -1.09. The Hall–Kier alpha value is -1.24. The number of nitrogens with zero attached hydrogens (tertiary/aromatic N) is 1. The van der Waals surface area contributed by atoms with Crippen molar-refractivity contribution < 1.29 is 18.4 Å². The summed E-state index contributed by atoms with van der Waals surface area (Å²) >= 11 is 0. The van der Waals surface area contributed by atoms with Crippen molar-refractivity contribution in [3.63, 3.8) is 0 Å². The monoisotopic (exact) mass is 209 g/mol. The van der Waals surface area contributed by atoms with E-state index in [9.17, 15) is 18.4 Å². The fourth-order valence-corrected chi connectivity index (χ4v) is 0.884. The third-order valence-corrected chi connectivity index (χ3v) is 1.53. The minimum absolute atomic E-state index is 0.341. The first-order valence-corrected chi connectivity index (χ1v) is 3.91. The molecule has 2 amide bonds. The lowest BCUT2D eigenvalue weighted by molar-refractivity contribution is -0.134. The number of primary amides is 1. The highest BCUT2D eigenvalue weighted by Crippen LogP contribution is 1.99. The molecule has 0 saturated carbocycles. The van der Waals surface area contributed by atoms with Crippen molar-refractivity contribution in [3.8, 4) is 0 Å². The summed E-state index contributed by atoms with van der Waals surface area (Å²) in [7, 11) is 1.19. The molecule has 82 valence electrons. The molecular weight excluding hydrogens is 196 g/mol. The number of carbonyl (C=O) groups is 2. The lowest BCUT2D eigenvalue weighted by atomic mass is 10.2. The number of amides is 2. The van der Waals surface area contributed by atoms with E-state index in [0.29, 0.717) is 0 Å². The van der Waals surface area contributed by atoms with Crippen LogP contribution in [0.3, 0.4) is 0 Å². The van der Waals surface area contributed by atoms with Gasteiger partial charge >= 0.3 is 0 Å². The Morgan fingerprint density at radius 1 is 1.43 bits per heavy atom. The molecule has 0 radical (unpaired) electrons. The second-order valence-electron chi connectivity index (χ2n) is 2.89. The molecule has 0 heterocycles. The summed E-state index contributed by atoms with van der Waals surface area (Å²) in [4.78, 5) is 22.3. The van der Waals surface area contributed by atoms with Gasteiger partial charge in [-0.15, -0.1) is 0 Å². The average molecular weight is 209 g/mol. The van der Waals surface area contributed by atoms with Crippen LogP contribution < -0.4 is 11.5 Å². The van der Waals surface area contributed by atoms with Gasteiger partial charge in [-0.25, -0.2) is 8.78 Å². The summed E-state index contributed by atoms with van der Waals surface area (Å²) in [5, 5.41) is 0. The molecule has 5 nitrogen and oxygen atoms in total. The molecule has 0 saturated heterocycles. The van der Waals surface area contributed by atoms with Crippen LogP contribution >= 0.6 is 0 Å². The van der Waals surface area contributed by atoms with E-state index in [0.717, 1.165) is 4.90 Å². The minimum Gasteiger partial charge on any atom is -0.370 e. The normalized spacial score (nSPS) is 12.6. The van der Waals surface area contributed by atoms with Crippen LogP contribution in [0.4, 0.5) is 8.78 Å². The van der Waals surface area contributed by atoms with Crippen LogP contribution in [0, 0.1) is 0 Å². The summed E-state index contributed by atoms with van der Waals surface area (Å²) in [5.74, 6) is -1.46. The fraction of sp³-hybridized carbons (Fsp3) is 0.714. The van der Waals surface area contributed by atoms with Gasteiger partial charge in [0.2, 0.25) is 11.8 Å². The second-order valence-corrected chi connectivity index (χ2v) is 2.89. The van der Waals surface area contributed by atoms with Crippen LogP contribution in [-0.2, 0) is 9.59 Å². The van der Waals surface area contributed by atoms with E-state index in [-0.39, 0.29) is 6.42 Å². The Bertz CT molecular complexity index is 223. The molecule has 0 aromatic rings. The molecule has 4 N–H and O–H groups in total. The molecule has 14 heavy (non-hydrogen) atoms. The highest BCUT2D eigenvalue weighted by atomic mass is 19.3. The van der Waals surface area contributed by atoms with Crippen molar-refractivity contribution in [2.75, 3.05) is 13.6 Å². The zero-order chi connectivity index (χ0) is 11.3. The van der Waals surface area contributed by atoms with Gasteiger partial charge in [0.15, 0.2) is 0 Å². The molecule has 0 bridgehead atoms. The Labute approximate surface area is 80.0 Å². The van der Waals surface area contributed by atoms with E-state index in [2.05, 4.69) is 0 Å². The van der Waals surface area contributed by atoms with Gasteiger partial charge in [0, 0.05) is 7.05 Å². The first-order valence-electron chi connectivity index (χ1n) is 3.91. The van der Waals surface area contributed by atoms with Gasteiger partial charge in [0.05, 0.1) is 19.0 Å². The highest BCUT2D eigenvalue weighted by Gasteiger charge is 2.21. The number of hydrogen-bond acceptors (Lipinski definition) is 3. The third-order valence-electron chi connectivity index (χ3n) is 1.53. The van der Waals surface area contributed by atoms with Gasteiger partial charge in [-0.05, 0) is 0 Å².